The highest BCUT2D eigenvalue weighted by molar-refractivity contribution is 5.92. The molecule has 8 nitrogen and oxygen atoms in total. The molecular formula is C19H19N5O3. The van der Waals surface area contributed by atoms with Crippen molar-refractivity contribution in [2.24, 2.45) is 7.05 Å². The standard InChI is InChI=1S/C19H19N5O3/c1-24-15(6-8-20-24)18(25)21-14-5-3-11-10-12(2-4-13(11)14)17-22-19(27-23-17)16-7-9-26-16/h2,4,6,8,10,14,16H,3,5,7,9H2,1H3,(H,21,25)/t14-,16?/m1/s1. The molecular weight excluding hydrogens is 346 g/mol. The fraction of sp³-hybridized carbons (Fsp3) is 0.368. The van der Waals surface area contributed by atoms with E-state index in [9.17, 15) is 4.79 Å². The van der Waals surface area contributed by atoms with E-state index in [2.05, 4.69) is 26.6 Å². The summed E-state index contributed by atoms with van der Waals surface area (Å²) in [4.78, 5) is 16.9. The van der Waals surface area contributed by atoms with Gasteiger partial charge in [-0.05, 0) is 36.1 Å². The second-order valence-electron chi connectivity index (χ2n) is 6.92. The topological polar surface area (TPSA) is 95.1 Å². The molecule has 1 amide bonds. The third kappa shape index (κ3) is 2.82. The van der Waals surface area contributed by atoms with Crippen molar-refractivity contribution in [1.29, 1.82) is 0 Å². The lowest BCUT2D eigenvalue weighted by molar-refractivity contribution is -0.0700. The first-order valence-electron chi connectivity index (χ1n) is 9.06. The molecule has 1 aromatic carbocycles. The second kappa shape index (κ2) is 6.31. The van der Waals surface area contributed by atoms with E-state index in [-0.39, 0.29) is 18.1 Å². The lowest BCUT2D eigenvalue weighted by Gasteiger charge is -2.21. The van der Waals surface area contributed by atoms with E-state index in [1.807, 2.05) is 12.1 Å². The lowest BCUT2D eigenvalue weighted by Crippen LogP contribution is -2.28. The summed E-state index contributed by atoms with van der Waals surface area (Å²) in [6, 6.07) is 7.82. The number of hydrogen-bond donors (Lipinski definition) is 1. The minimum Gasteiger partial charge on any atom is -0.368 e. The van der Waals surface area contributed by atoms with E-state index in [0.717, 1.165) is 37.0 Å². The van der Waals surface area contributed by atoms with Crippen LogP contribution in [0.4, 0.5) is 0 Å². The van der Waals surface area contributed by atoms with Gasteiger partial charge in [0.2, 0.25) is 5.82 Å². The number of nitrogens with zero attached hydrogens (tertiary/aromatic N) is 4. The predicted octanol–water partition coefficient (Wildman–Crippen LogP) is 2.35. The van der Waals surface area contributed by atoms with Crippen molar-refractivity contribution in [1.82, 2.24) is 25.2 Å². The Morgan fingerprint density at radius 1 is 1.30 bits per heavy atom. The average molecular weight is 365 g/mol. The monoisotopic (exact) mass is 365 g/mol. The van der Waals surface area contributed by atoms with Crippen molar-refractivity contribution in [2.75, 3.05) is 6.61 Å². The number of carbonyl (C=O) groups is 1. The number of fused-ring (bicyclic) bond motifs is 1. The molecule has 2 atom stereocenters. The first-order valence-corrected chi connectivity index (χ1v) is 9.06. The summed E-state index contributed by atoms with van der Waals surface area (Å²) in [5, 5.41) is 11.2. The maximum absolute atomic E-state index is 12.5. The Kier molecular flexibility index (Phi) is 3.78. The van der Waals surface area contributed by atoms with E-state index in [4.69, 9.17) is 9.26 Å². The van der Waals surface area contributed by atoms with Gasteiger partial charge < -0.3 is 14.6 Å². The van der Waals surface area contributed by atoms with Crippen LogP contribution in [0.3, 0.4) is 0 Å². The molecule has 0 saturated carbocycles. The number of benzene rings is 1. The van der Waals surface area contributed by atoms with Gasteiger partial charge in [-0.2, -0.15) is 10.1 Å². The molecule has 1 aliphatic heterocycles. The van der Waals surface area contributed by atoms with E-state index in [1.165, 1.54) is 5.56 Å². The van der Waals surface area contributed by atoms with E-state index >= 15 is 0 Å². The Labute approximate surface area is 155 Å². The first kappa shape index (κ1) is 16.2. The summed E-state index contributed by atoms with van der Waals surface area (Å²) in [5.74, 6) is 1.00. The SMILES string of the molecule is Cn1nccc1C(=O)N[C@@H]1CCc2cc(-c3noc(C4CCO4)n3)ccc21. The summed E-state index contributed by atoms with van der Waals surface area (Å²) in [6.07, 6.45) is 4.25. The molecule has 8 heteroatoms. The minimum atomic E-state index is -0.111. The molecule has 0 bridgehead atoms. The third-order valence-electron chi connectivity index (χ3n) is 5.25. The van der Waals surface area contributed by atoms with Crippen LogP contribution in [-0.2, 0) is 18.2 Å². The smallest absolute Gasteiger partial charge is 0.270 e. The van der Waals surface area contributed by atoms with E-state index in [1.54, 1.807) is 24.0 Å². The number of nitrogens with one attached hydrogen (secondary N) is 1. The molecule has 5 rings (SSSR count). The van der Waals surface area contributed by atoms with Crippen LogP contribution in [0.2, 0.25) is 0 Å². The molecule has 2 aromatic heterocycles. The predicted molar refractivity (Wildman–Crippen MR) is 94.8 cm³/mol. The Hall–Kier alpha value is -3.00. The number of hydrogen-bond acceptors (Lipinski definition) is 6. The maximum atomic E-state index is 12.5. The van der Waals surface area contributed by atoms with Gasteiger partial charge in [-0.15, -0.1) is 0 Å². The highest BCUT2D eigenvalue weighted by Gasteiger charge is 2.28. The van der Waals surface area contributed by atoms with Crippen molar-refractivity contribution in [3.05, 3.63) is 53.2 Å². The lowest BCUT2D eigenvalue weighted by atomic mass is 10.0. The number of ether oxygens (including phenoxy) is 1. The number of carbonyl (C=O) groups excluding carboxylic acids is 1. The molecule has 1 N–H and O–H groups in total. The van der Waals surface area contributed by atoms with Gasteiger partial charge in [0, 0.05) is 25.2 Å². The van der Waals surface area contributed by atoms with Crippen molar-refractivity contribution in [3.8, 4) is 11.4 Å². The molecule has 2 aliphatic rings. The highest BCUT2D eigenvalue weighted by Crippen LogP contribution is 2.35. The Balaban J connectivity index is 1.35. The molecule has 1 unspecified atom stereocenters. The van der Waals surface area contributed by atoms with Crippen LogP contribution in [0.15, 0.2) is 35.0 Å². The highest BCUT2D eigenvalue weighted by atomic mass is 16.5. The van der Waals surface area contributed by atoms with Gasteiger partial charge in [0.25, 0.3) is 11.8 Å². The Bertz CT molecular complexity index is 1000. The van der Waals surface area contributed by atoms with Gasteiger partial charge >= 0.3 is 0 Å². The average Bonchev–Trinajstić information content (AvgIpc) is 3.33. The second-order valence-corrected chi connectivity index (χ2v) is 6.92. The molecule has 0 radical (unpaired) electrons. The quantitative estimate of drug-likeness (QED) is 0.763. The number of rotatable bonds is 4. The van der Waals surface area contributed by atoms with Crippen LogP contribution in [-0.4, -0.2) is 32.4 Å². The molecule has 1 saturated heterocycles. The Morgan fingerprint density at radius 2 is 2.19 bits per heavy atom. The van der Waals surface area contributed by atoms with Gasteiger partial charge in [-0.1, -0.05) is 17.3 Å². The van der Waals surface area contributed by atoms with Gasteiger partial charge in [0.1, 0.15) is 11.8 Å². The van der Waals surface area contributed by atoms with Crippen molar-refractivity contribution in [3.63, 3.8) is 0 Å². The van der Waals surface area contributed by atoms with Crippen LogP contribution in [0.1, 0.15) is 52.5 Å². The normalized spacial score (nSPS) is 20.9. The first-order chi connectivity index (χ1) is 13.2. The fourth-order valence-electron chi connectivity index (χ4n) is 3.65. The molecule has 27 heavy (non-hydrogen) atoms. The molecule has 1 aliphatic carbocycles. The van der Waals surface area contributed by atoms with Crippen LogP contribution >= 0.6 is 0 Å². The summed E-state index contributed by atoms with van der Waals surface area (Å²) < 4.78 is 12.3. The molecule has 3 aromatic rings. The van der Waals surface area contributed by atoms with E-state index < -0.39 is 0 Å². The van der Waals surface area contributed by atoms with Crippen LogP contribution < -0.4 is 5.32 Å². The minimum absolute atomic E-state index is 0.000607. The zero-order chi connectivity index (χ0) is 18.4. The van der Waals surface area contributed by atoms with Crippen LogP contribution in [0.25, 0.3) is 11.4 Å². The van der Waals surface area contributed by atoms with Gasteiger partial charge in [-0.25, -0.2) is 0 Å². The molecule has 1 fully saturated rings. The van der Waals surface area contributed by atoms with Gasteiger partial charge in [-0.3, -0.25) is 9.48 Å². The number of aryl methyl sites for hydroxylation is 2. The zero-order valence-corrected chi connectivity index (χ0v) is 14.9. The zero-order valence-electron chi connectivity index (χ0n) is 14.9. The molecule has 138 valence electrons. The van der Waals surface area contributed by atoms with E-state index in [0.29, 0.717) is 17.4 Å². The number of amides is 1. The Morgan fingerprint density at radius 3 is 2.93 bits per heavy atom. The van der Waals surface area contributed by atoms with Crippen LogP contribution in [0, 0.1) is 0 Å². The summed E-state index contributed by atoms with van der Waals surface area (Å²) in [6.45, 7) is 0.743. The van der Waals surface area contributed by atoms with Gasteiger partial charge in [0.15, 0.2) is 0 Å². The fourth-order valence-corrected chi connectivity index (χ4v) is 3.65. The van der Waals surface area contributed by atoms with Crippen molar-refractivity contribution >= 4 is 5.91 Å². The molecule has 3 heterocycles. The maximum Gasteiger partial charge on any atom is 0.270 e. The summed E-state index contributed by atoms with van der Waals surface area (Å²) in [7, 11) is 1.76. The summed E-state index contributed by atoms with van der Waals surface area (Å²) >= 11 is 0. The van der Waals surface area contributed by atoms with Crippen LogP contribution in [0.5, 0.6) is 0 Å². The number of aromatic nitrogens is 4. The summed E-state index contributed by atoms with van der Waals surface area (Å²) in [5.41, 5.74) is 3.81. The van der Waals surface area contributed by atoms with Crippen molar-refractivity contribution in [2.45, 2.75) is 31.4 Å². The molecule has 0 spiro atoms. The largest absolute Gasteiger partial charge is 0.368 e. The third-order valence-corrected chi connectivity index (χ3v) is 5.25. The van der Waals surface area contributed by atoms with Crippen molar-refractivity contribution < 1.29 is 14.1 Å². The van der Waals surface area contributed by atoms with Gasteiger partial charge in [0.05, 0.1) is 12.6 Å².